The van der Waals surface area contributed by atoms with Crippen LogP contribution in [0, 0.1) is 5.92 Å². The highest BCUT2D eigenvalue weighted by molar-refractivity contribution is 5.22. The van der Waals surface area contributed by atoms with Crippen LogP contribution in [0.25, 0.3) is 0 Å². The van der Waals surface area contributed by atoms with E-state index < -0.39 is 0 Å². The zero-order valence-corrected chi connectivity index (χ0v) is 10.3. The van der Waals surface area contributed by atoms with E-state index in [0.29, 0.717) is 0 Å². The average molecular weight is 232 g/mol. The summed E-state index contributed by atoms with van der Waals surface area (Å²) >= 11 is 0. The Labute approximate surface area is 102 Å². The second kappa shape index (κ2) is 4.07. The van der Waals surface area contributed by atoms with E-state index in [1.165, 1.54) is 6.42 Å². The summed E-state index contributed by atoms with van der Waals surface area (Å²) in [4.78, 5) is 6.58. The molecule has 92 valence electrons. The van der Waals surface area contributed by atoms with Crippen molar-refractivity contribution in [3.8, 4) is 0 Å². The van der Waals surface area contributed by atoms with Gasteiger partial charge in [0.15, 0.2) is 0 Å². The van der Waals surface area contributed by atoms with Gasteiger partial charge in [-0.1, -0.05) is 13.0 Å². The molecule has 3 fully saturated rings. The third-order valence-electron chi connectivity index (χ3n) is 4.61. The van der Waals surface area contributed by atoms with Gasteiger partial charge < -0.3 is 5.11 Å². The van der Waals surface area contributed by atoms with E-state index in [4.69, 9.17) is 0 Å². The van der Waals surface area contributed by atoms with Gasteiger partial charge in [0.25, 0.3) is 0 Å². The van der Waals surface area contributed by atoms with Crippen molar-refractivity contribution < 1.29 is 5.11 Å². The largest absolute Gasteiger partial charge is 0.386 e. The molecule has 1 N–H and O–H groups in total. The summed E-state index contributed by atoms with van der Waals surface area (Å²) in [5, 5.41) is 10.7. The van der Waals surface area contributed by atoms with Crippen LogP contribution in [-0.2, 0) is 0 Å². The zero-order valence-electron chi connectivity index (χ0n) is 10.3. The van der Waals surface area contributed by atoms with Crippen molar-refractivity contribution in [1.29, 1.82) is 0 Å². The molecular weight excluding hydrogens is 212 g/mol. The molecule has 0 aromatic carbocycles. The van der Waals surface area contributed by atoms with E-state index in [1.807, 2.05) is 12.1 Å². The molecule has 3 heterocycles. The molecule has 2 bridgehead atoms. The number of pyridine rings is 1. The smallest absolute Gasteiger partial charge is 0.0988 e. The maximum Gasteiger partial charge on any atom is 0.0988 e. The number of aromatic nitrogens is 1. The third kappa shape index (κ3) is 1.60. The Kier molecular flexibility index (Phi) is 2.68. The summed E-state index contributed by atoms with van der Waals surface area (Å²) < 4.78 is 0. The summed E-state index contributed by atoms with van der Waals surface area (Å²) in [5.41, 5.74) is 0.965. The minimum absolute atomic E-state index is 0.000694. The fourth-order valence-electron chi connectivity index (χ4n) is 3.68. The van der Waals surface area contributed by atoms with Gasteiger partial charge in [0, 0.05) is 18.0 Å². The number of aliphatic hydroxyl groups is 1. The van der Waals surface area contributed by atoms with Gasteiger partial charge in [-0.2, -0.15) is 0 Å². The van der Waals surface area contributed by atoms with Crippen LogP contribution in [0.3, 0.4) is 0 Å². The van der Waals surface area contributed by atoms with E-state index in [0.717, 1.165) is 37.4 Å². The highest BCUT2D eigenvalue weighted by atomic mass is 16.3. The van der Waals surface area contributed by atoms with E-state index in [9.17, 15) is 5.11 Å². The molecule has 1 aliphatic carbocycles. The number of nitrogens with zero attached hydrogens (tertiary/aromatic N) is 2. The third-order valence-corrected chi connectivity index (χ3v) is 4.61. The summed E-state index contributed by atoms with van der Waals surface area (Å²) in [6.07, 6.45) is 6.78. The van der Waals surface area contributed by atoms with Crippen LogP contribution in [0.15, 0.2) is 24.5 Å². The topological polar surface area (TPSA) is 36.4 Å². The number of hydrogen-bond donors (Lipinski definition) is 1. The first-order valence-corrected chi connectivity index (χ1v) is 6.59. The summed E-state index contributed by atoms with van der Waals surface area (Å²) in [7, 11) is 0. The number of likely N-dealkylation sites (N-methyl/N-ethyl adjacent to an activating group) is 1. The van der Waals surface area contributed by atoms with Crippen LogP contribution in [0.2, 0.25) is 0 Å². The van der Waals surface area contributed by atoms with Gasteiger partial charge in [-0.05, 0) is 44.3 Å². The van der Waals surface area contributed by atoms with Crippen LogP contribution in [0.4, 0.5) is 0 Å². The Morgan fingerprint density at radius 1 is 1.59 bits per heavy atom. The number of aliphatic hydroxyl groups excluding tert-OH is 1. The lowest BCUT2D eigenvalue weighted by molar-refractivity contribution is -0.145. The molecular formula is C14H20N2O. The van der Waals surface area contributed by atoms with E-state index in [-0.39, 0.29) is 11.6 Å². The van der Waals surface area contributed by atoms with Crippen LogP contribution in [-0.4, -0.2) is 33.6 Å². The first-order chi connectivity index (χ1) is 8.26. The zero-order chi connectivity index (χ0) is 11.9. The van der Waals surface area contributed by atoms with Gasteiger partial charge >= 0.3 is 0 Å². The van der Waals surface area contributed by atoms with Crippen molar-refractivity contribution in [3.05, 3.63) is 30.1 Å². The molecule has 1 saturated carbocycles. The molecule has 1 aromatic heterocycles. The number of fused-ring (bicyclic) bond motifs is 2. The van der Waals surface area contributed by atoms with Crippen LogP contribution in [0.5, 0.6) is 0 Å². The van der Waals surface area contributed by atoms with E-state index in [2.05, 4.69) is 16.8 Å². The van der Waals surface area contributed by atoms with Crippen molar-refractivity contribution in [2.45, 2.75) is 37.8 Å². The number of piperidine rings is 2. The highest BCUT2D eigenvalue weighted by Crippen LogP contribution is 2.54. The summed E-state index contributed by atoms with van der Waals surface area (Å²) in [6.45, 7) is 4.36. The van der Waals surface area contributed by atoms with Crippen molar-refractivity contribution in [1.82, 2.24) is 9.88 Å². The fourth-order valence-corrected chi connectivity index (χ4v) is 3.68. The Morgan fingerprint density at radius 2 is 2.41 bits per heavy atom. The molecule has 1 aromatic rings. The molecule has 3 nitrogen and oxygen atoms in total. The molecule has 1 atom stereocenters. The molecule has 1 unspecified atom stereocenters. The fraction of sp³-hybridized carbons (Fsp3) is 0.643. The minimum Gasteiger partial charge on any atom is -0.386 e. The van der Waals surface area contributed by atoms with Crippen molar-refractivity contribution in [2.75, 3.05) is 13.1 Å². The van der Waals surface area contributed by atoms with Gasteiger partial charge in [0.2, 0.25) is 0 Å². The van der Waals surface area contributed by atoms with Crippen molar-refractivity contribution in [3.63, 3.8) is 0 Å². The summed E-state index contributed by atoms with van der Waals surface area (Å²) in [5.74, 6) is 0.837. The van der Waals surface area contributed by atoms with Gasteiger partial charge in [0.1, 0.15) is 0 Å². The summed E-state index contributed by atoms with van der Waals surface area (Å²) in [6, 6.07) is 3.90. The average Bonchev–Trinajstić information content (AvgIpc) is 2.37. The SMILES string of the molecule is CCN1CCC2CC1(C(O)c1cccnc1)C2. The predicted molar refractivity (Wildman–Crippen MR) is 66.5 cm³/mol. The molecule has 2 saturated heterocycles. The Hall–Kier alpha value is -0.930. The van der Waals surface area contributed by atoms with Gasteiger partial charge in [-0.15, -0.1) is 0 Å². The quantitative estimate of drug-likeness (QED) is 0.866. The molecule has 3 aliphatic rings. The van der Waals surface area contributed by atoms with E-state index in [1.54, 1.807) is 12.4 Å². The predicted octanol–water partition coefficient (Wildman–Crippen LogP) is 1.99. The van der Waals surface area contributed by atoms with Gasteiger partial charge in [-0.25, -0.2) is 0 Å². The molecule has 4 rings (SSSR count). The first-order valence-electron chi connectivity index (χ1n) is 6.59. The molecule has 0 radical (unpaired) electrons. The molecule has 2 aliphatic heterocycles. The second-order valence-corrected chi connectivity index (χ2v) is 5.44. The molecule has 17 heavy (non-hydrogen) atoms. The van der Waals surface area contributed by atoms with Crippen molar-refractivity contribution >= 4 is 0 Å². The normalized spacial score (nSPS) is 34.1. The van der Waals surface area contributed by atoms with Gasteiger partial charge in [0.05, 0.1) is 11.6 Å². The Balaban J connectivity index is 1.87. The lowest BCUT2D eigenvalue weighted by atomic mass is 9.59. The molecule has 0 amide bonds. The first kappa shape index (κ1) is 11.2. The lowest BCUT2D eigenvalue weighted by Crippen LogP contribution is -2.65. The van der Waals surface area contributed by atoms with E-state index >= 15 is 0 Å². The Morgan fingerprint density at radius 3 is 3.06 bits per heavy atom. The van der Waals surface area contributed by atoms with Gasteiger partial charge in [-0.3, -0.25) is 9.88 Å². The maximum atomic E-state index is 10.7. The molecule has 3 heteroatoms. The van der Waals surface area contributed by atoms with Crippen LogP contribution in [0.1, 0.15) is 37.9 Å². The van der Waals surface area contributed by atoms with Crippen LogP contribution >= 0.6 is 0 Å². The molecule has 0 spiro atoms. The second-order valence-electron chi connectivity index (χ2n) is 5.44. The van der Waals surface area contributed by atoms with Crippen LogP contribution < -0.4 is 0 Å². The monoisotopic (exact) mass is 232 g/mol. The van der Waals surface area contributed by atoms with Crippen molar-refractivity contribution in [2.24, 2.45) is 5.92 Å². The number of hydrogen-bond acceptors (Lipinski definition) is 3. The highest BCUT2D eigenvalue weighted by Gasteiger charge is 2.55. The Bertz CT molecular complexity index is 386. The standard InChI is InChI=1S/C14H20N2O/c1-2-16-7-5-11-8-14(16,9-11)13(17)12-4-3-6-15-10-12/h3-4,6,10-11,13,17H,2,5,7-9H2,1H3. The lowest BCUT2D eigenvalue weighted by Gasteiger charge is -2.61. The minimum atomic E-state index is -0.382. The maximum absolute atomic E-state index is 10.7. The number of rotatable bonds is 3.